The van der Waals surface area contributed by atoms with Gasteiger partial charge in [0, 0.05) is 19.6 Å². The van der Waals surface area contributed by atoms with Crippen LogP contribution >= 0.6 is 0 Å². The third kappa shape index (κ3) is 1.72. The second-order valence-electron chi connectivity index (χ2n) is 3.03. The molecule has 1 aliphatic heterocycles. The molecule has 0 aromatic carbocycles. The van der Waals surface area contributed by atoms with Crippen molar-refractivity contribution in [3.63, 3.8) is 0 Å². The fourth-order valence-corrected chi connectivity index (χ4v) is 1.34. The molecular formula is C9H13N3O. The van der Waals surface area contributed by atoms with Crippen LogP contribution in [0.1, 0.15) is 5.69 Å². The number of hydrogen-bond donors (Lipinski definition) is 1. The summed E-state index contributed by atoms with van der Waals surface area (Å²) in [4.78, 5) is 6.42. The standard InChI is InChI=1S/C9H13N3O/c1-10-6-8-7-13-9(11-8)12-4-2-3-5-12/h2-3,7,10H,4-6H2,1H3. The predicted molar refractivity (Wildman–Crippen MR) is 50.6 cm³/mol. The minimum absolute atomic E-state index is 0.718. The minimum atomic E-state index is 0.718. The summed E-state index contributed by atoms with van der Waals surface area (Å²) in [7, 11) is 1.89. The van der Waals surface area contributed by atoms with Crippen LogP contribution in [0.25, 0.3) is 0 Å². The number of nitrogens with one attached hydrogen (secondary N) is 1. The van der Waals surface area contributed by atoms with Gasteiger partial charge in [0.05, 0.1) is 5.69 Å². The molecule has 4 nitrogen and oxygen atoms in total. The molecular weight excluding hydrogens is 166 g/mol. The zero-order valence-corrected chi connectivity index (χ0v) is 7.66. The molecule has 0 unspecified atom stereocenters. The highest BCUT2D eigenvalue weighted by Crippen LogP contribution is 2.15. The van der Waals surface area contributed by atoms with Crippen LogP contribution in [0, 0.1) is 0 Å². The van der Waals surface area contributed by atoms with Gasteiger partial charge in [-0.25, -0.2) is 0 Å². The van der Waals surface area contributed by atoms with Gasteiger partial charge in [-0.15, -0.1) is 0 Å². The molecule has 13 heavy (non-hydrogen) atoms. The van der Waals surface area contributed by atoms with Gasteiger partial charge < -0.3 is 14.6 Å². The van der Waals surface area contributed by atoms with Crippen LogP contribution in [0.3, 0.4) is 0 Å². The van der Waals surface area contributed by atoms with Crippen LogP contribution in [0.4, 0.5) is 6.01 Å². The monoisotopic (exact) mass is 179 g/mol. The summed E-state index contributed by atoms with van der Waals surface area (Å²) in [5.74, 6) is 0. The third-order valence-electron chi connectivity index (χ3n) is 1.99. The van der Waals surface area contributed by atoms with E-state index >= 15 is 0 Å². The molecule has 0 bridgehead atoms. The van der Waals surface area contributed by atoms with Crippen molar-refractivity contribution < 1.29 is 4.42 Å². The third-order valence-corrected chi connectivity index (χ3v) is 1.99. The van der Waals surface area contributed by atoms with E-state index < -0.39 is 0 Å². The fraction of sp³-hybridized carbons (Fsp3) is 0.444. The quantitative estimate of drug-likeness (QED) is 0.696. The van der Waals surface area contributed by atoms with Crippen LogP contribution < -0.4 is 10.2 Å². The number of rotatable bonds is 3. The maximum Gasteiger partial charge on any atom is 0.298 e. The lowest BCUT2D eigenvalue weighted by Gasteiger charge is -2.10. The number of nitrogens with zero attached hydrogens (tertiary/aromatic N) is 2. The van der Waals surface area contributed by atoms with Gasteiger partial charge in [-0.1, -0.05) is 12.2 Å². The Labute approximate surface area is 77.2 Å². The molecule has 0 fully saturated rings. The van der Waals surface area contributed by atoms with Crippen molar-refractivity contribution in [2.75, 3.05) is 25.0 Å². The first-order valence-corrected chi connectivity index (χ1v) is 4.39. The van der Waals surface area contributed by atoms with Crippen molar-refractivity contribution in [3.05, 3.63) is 24.1 Å². The van der Waals surface area contributed by atoms with E-state index in [0.717, 1.165) is 31.3 Å². The summed E-state index contributed by atoms with van der Waals surface area (Å²) in [5, 5.41) is 3.03. The molecule has 0 atom stereocenters. The smallest absolute Gasteiger partial charge is 0.298 e. The van der Waals surface area contributed by atoms with E-state index in [9.17, 15) is 0 Å². The minimum Gasteiger partial charge on any atom is -0.432 e. The normalized spacial score (nSPS) is 15.6. The molecule has 4 heteroatoms. The molecule has 0 saturated heterocycles. The molecule has 1 aliphatic rings. The lowest BCUT2D eigenvalue weighted by atomic mass is 10.5. The molecule has 1 aromatic heterocycles. The first kappa shape index (κ1) is 8.31. The SMILES string of the molecule is CNCc1coc(N2CC=CC2)n1. The van der Waals surface area contributed by atoms with Crippen LogP contribution in [0.2, 0.25) is 0 Å². The Bertz CT molecular complexity index is 298. The van der Waals surface area contributed by atoms with E-state index in [1.165, 1.54) is 0 Å². The van der Waals surface area contributed by atoms with Crippen molar-refractivity contribution in [2.24, 2.45) is 0 Å². The summed E-state index contributed by atoms with van der Waals surface area (Å²) in [6, 6.07) is 0.718. The zero-order valence-electron chi connectivity index (χ0n) is 7.66. The first-order chi connectivity index (χ1) is 6.40. The van der Waals surface area contributed by atoms with Crippen LogP contribution in [-0.2, 0) is 6.54 Å². The highest BCUT2D eigenvalue weighted by Gasteiger charge is 2.12. The zero-order chi connectivity index (χ0) is 9.10. The van der Waals surface area contributed by atoms with E-state index in [1.807, 2.05) is 7.05 Å². The Morgan fingerprint density at radius 1 is 1.54 bits per heavy atom. The maximum absolute atomic E-state index is 5.34. The Kier molecular flexibility index (Phi) is 2.31. The average Bonchev–Trinajstić information content (AvgIpc) is 2.70. The molecule has 0 radical (unpaired) electrons. The highest BCUT2D eigenvalue weighted by molar-refractivity contribution is 5.33. The molecule has 2 heterocycles. The summed E-state index contributed by atoms with van der Waals surface area (Å²) in [5.41, 5.74) is 0.949. The van der Waals surface area contributed by atoms with E-state index in [-0.39, 0.29) is 0 Å². The Hall–Kier alpha value is -1.29. The molecule has 0 amide bonds. The van der Waals surface area contributed by atoms with Gasteiger partial charge in [-0.3, -0.25) is 0 Å². The van der Waals surface area contributed by atoms with Gasteiger partial charge in [-0.2, -0.15) is 4.98 Å². The summed E-state index contributed by atoms with van der Waals surface area (Å²) in [6.07, 6.45) is 5.92. The van der Waals surface area contributed by atoms with Gasteiger partial charge >= 0.3 is 0 Å². The molecule has 0 aliphatic carbocycles. The molecule has 1 aromatic rings. The van der Waals surface area contributed by atoms with Crippen molar-refractivity contribution in [3.8, 4) is 0 Å². The molecule has 2 rings (SSSR count). The fourth-order valence-electron chi connectivity index (χ4n) is 1.34. The van der Waals surface area contributed by atoms with Gasteiger partial charge in [0.15, 0.2) is 0 Å². The molecule has 1 N–H and O–H groups in total. The van der Waals surface area contributed by atoms with Gasteiger partial charge in [0.2, 0.25) is 0 Å². The van der Waals surface area contributed by atoms with Gasteiger partial charge in [0.25, 0.3) is 6.01 Å². The van der Waals surface area contributed by atoms with Crippen LogP contribution in [0.5, 0.6) is 0 Å². The van der Waals surface area contributed by atoms with E-state index in [2.05, 4.69) is 27.4 Å². The van der Waals surface area contributed by atoms with Crippen molar-refractivity contribution in [2.45, 2.75) is 6.54 Å². The molecule has 0 spiro atoms. The van der Waals surface area contributed by atoms with E-state index in [4.69, 9.17) is 4.42 Å². The lowest BCUT2D eigenvalue weighted by molar-refractivity contribution is 0.547. The van der Waals surface area contributed by atoms with Crippen molar-refractivity contribution in [1.82, 2.24) is 10.3 Å². The number of oxazole rings is 1. The second-order valence-corrected chi connectivity index (χ2v) is 3.03. The number of aromatic nitrogens is 1. The Morgan fingerprint density at radius 3 is 3.00 bits per heavy atom. The van der Waals surface area contributed by atoms with Crippen molar-refractivity contribution in [1.29, 1.82) is 0 Å². The largest absolute Gasteiger partial charge is 0.432 e. The Balaban J connectivity index is 2.04. The lowest BCUT2D eigenvalue weighted by Crippen LogP contribution is -2.18. The maximum atomic E-state index is 5.34. The summed E-state index contributed by atoms with van der Waals surface area (Å²) >= 11 is 0. The molecule has 0 saturated carbocycles. The first-order valence-electron chi connectivity index (χ1n) is 4.39. The average molecular weight is 179 g/mol. The number of anilines is 1. The number of hydrogen-bond acceptors (Lipinski definition) is 4. The molecule has 70 valence electrons. The summed E-state index contributed by atoms with van der Waals surface area (Å²) < 4.78 is 5.34. The topological polar surface area (TPSA) is 41.3 Å². The van der Waals surface area contributed by atoms with E-state index in [1.54, 1.807) is 6.26 Å². The van der Waals surface area contributed by atoms with E-state index in [0.29, 0.717) is 0 Å². The van der Waals surface area contributed by atoms with Crippen LogP contribution in [-0.4, -0.2) is 25.1 Å². The summed E-state index contributed by atoms with van der Waals surface area (Å²) in [6.45, 7) is 2.56. The van der Waals surface area contributed by atoms with Gasteiger partial charge in [0.1, 0.15) is 6.26 Å². The Morgan fingerprint density at radius 2 is 2.31 bits per heavy atom. The predicted octanol–water partition coefficient (Wildman–Crippen LogP) is 0.770. The second kappa shape index (κ2) is 3.62. The van der Waals surface area contributed by atoms with Crippen molar-refractivity contribution >= 4 is 6.01 Å². The van der Waals surface area contributed by atoms with Gasteiger partial charge in [-0.05, 0) is 7.05 Å². The van der Waals surface area contributed by atoms with Crippen LogP contribution in [0.15, 0.2) is 22.8 Å². The highest BCUT2D eigenvalue weighted by atomic mass is 16.4.